The maximum absolute atomic E-state index is 12.4. The standard InChI is InChI=1S/C13H24N2O/c1-14-10-12-8-5-9-15(12)13(16)11-6-3-2-4-7-11/h11-12,14H,2-10H2,1H3. The van der Waals surface area contributed by atoms with E-state index in [0.717, 1.165) is 25.9 Å². The minimum Gasteiger partial charge on any atom is -0.338 e. The maximum atomic E-state index is 12.4. The molecule has 3 nitrogen and oxygen atoms in total. The second-order valence-electron chi connectivity index (χ2n) is 5.22. The summed E-state index contributed by atoms with van der Waals surface area (Å²) in [4.78, 5) is 14.5. The van der Waals surface area contributed by atoms with Crippen LogP contribution in [0.4, 0.5) is 0 Å². The Labute approximate surface area is 98.6 Å². The van der Waals surface area contributed by atoms with Gasteiger partial charge in [0.05, 0.1) is 0 Å². The number of amides is 1. The molecule has 1 heterocycles. The summed E-state index contributed by atoms with van der Waals surface area (Å²) in [6.45, 7) is 1.94. The van der Waals surface area contributed by atoms with Crippen LogP contribution in [0.2, 0.25) is 0 Å². The van der Waals surface area contributed by atoms with Gasteiger partial charge in [-0.15, -0.1) is 0 Å². The van der Waals surface area contributed by atoms with Gasteiger partial charge in [-0.3, -0.25) is 4.79 Å². The van der Waals surface area contributed by atoms with Gasteiger partial charge >= 0.3 is 0 Å². The van der Waals surface area contributed by atoms with Crippen LogP contribution in [0, 0.1) is 5.92 Å². The predicted octanol–water partition coefficient (Wildman–Crippen LogP) is 1.78. The fourth-order valence-corrected chi connectivity index (χ4v) is 3.16. The van der Waals surface area contributed by atoms with E-state index in [1.165, 1.54) is 32.1 Å². The van der Waals surface area contributed by atoms with E-state index in [0.29, 0.717) is 17.9 Å². The normalized spacial score (nSPS) is 27.3. The minimum absolute atomic E-state index is 0.339. The van der Waals surface area contributed by atoms with Crippen LogP contribution in [0.25, 0.3) is 0 Å². The molecule has 92 valence electrons. The average Bonchev–Trinajstić information content (AvgIpc) is 2.78. The lowest BCUT2D eigenvalue weighted by Crippen LogP contribution is -2.44. The lowest BCUT2D eigenvalue weighted by Gasteiger charge is -2.30. The van der Waals surface area contributed by atoms with Crippen LogP contribution < -0.4 is 5.32 Å². The number of carbonyl (C=O) groups excluding carboxylic acids is 1. The SMILES string of the molecule is CNCC1CCCN1C(=O)C1CCCCC1. The molecule has 2 fully saturated rings. The number of hydrogen-bond donors (Lipinski definition) is 1. The fraction of sp³-hybridized carbons (Fsp3) is 0.923. The van der Waals surface area contributed by atoms with Crippen LogP contribution in [0.1, 0.15) is 44.9 Å². The number of likely N-dealkylation sites (tertiary alicyclic amines) is 1. The topological polar surface area (TPSA) is 32.3 Å². The Hall–Kier alpha value is -0.570. The lowest BCUT2D eigenvalue weighted by atomic mass is 9.88. The van der Waals surface area contributed by atoms with E-state index in [4.69, 9.17) is 0 Å². The molecule has 2 aliphatic rings. The van der Waals surface area contributed by atoms with Crippen molar-refractivity contribution >= 4 is 5.91 Å². The summed E-state index contributed by atoms with van der Waals surface area (Å²) in [5, 5.41) is 3.20. The molecular formula is C13H24N2O. The van der Waals surface area contributed by atoms with Crippen molar-refractivity contribution in [3.05, 3.63) is 0 Å². The Morgan fingerprint density at radius 1 is 1.19 bits per heavy atom. The quantitative estimate of drug-likeness (QED) is 0.792. The van der Waals surface area contributed by atoms with Crippen molar-refractivity contribution < 1.29 is 4.79 Å². The van der Waals surface area contributed by atoms with E-state index in [1.54, 1.807) is 0 Å². The van der Waals surface area contributed by atoms with E-state index < -0.39 is 0 Å². The van der Waals surface area contributed by atoms with Crippen molar-refractivity contribution in [1.82, 2.24) is 10.2 Å². The molecule has 3 heteroatoms. The van der Waals surface area contributed by atoms with Gasteiger partial charge in [-0.1, -0.05) is 19.3 Å². The largest absolute Gasteiger partial charge is 0.338 e. The van der Waals surface area contributed by atoms with Crippen molar-refractivity contribution in [1.29, 1.82) is 0 Å². The van der Waals surface area contributed by atoms with E-state index in [1.807, 2.05) is 7.05 Å². The number of rotatable bonds is 3. The molecule has 1 unspecified atom stereocenters. The van der Waals surface area contributed by atoms with Crippen molar-refractivity contribution in [3.8, 4) is 0 Å². The van der Waals surface area contributed by atoms with Crippen LogP contribution in [0.3, 0.4) is 0 Å². The summed E-state index contributed by atoms with van der Waals surface area (Å²) in [7, 11) is 1.97. The summed E-state index contributed by atoms with van der Waals surface area (Å²) < 4.78 is 0. The minimum atomic E-state index is 0.339. The molecule has 1 aliphatic heterocycles. The highest BCUT2D eigenvalue weighted by atomic mass is 16.2. The zero-order valence-electron chi connectivity index (χ0n) is 10.4. The second kappa shape index (κ2) is 5.67. The highest BCUT2D eigenvalue weighted by molar-refractivity contribution is 5.79. The maximum Gasteiger partial charge on any atom is 0.225 e. The second-order valence-corrected chi connectivity index (χ2v) is 5.22. The Bertz CT molecular complexity index is 236. The highest BCUT2D eigenvalue weighted by Crippen LogP contribution is 2.28. The first-order valence-corrected chi connectivity index (χ1v) is 6.78. The molecule has 16 heavy (non-hydrogen) atoms. The van der Waals surface area contributed by atoms with Crippen LogP contribution in [-0.2, 0) is 4.79 Å². The van der Waals surface area contributed by atoms with E-state index in [2.05, 4.69) is 10.2 Å². The number of nitrogens with zero attached hydrogens (tertiary/aromatic N) is 1. The Kier molecular flexibility index (Phi) is 4.22. The van der Waals surface area contributed by atoms with Crippen molar-refractivity contribution in [2.45, 2.75) is 51.0 Å². The first kappa shape index (κ1) is 11.9. The molecule has 1 atom stereocenters. The number of likely N-dealkylation sites (N-methyl/N-ethyl adjacent to an activating group) is 1. The molecule has 0 aromatic carbocycles. The molecule has 0 bridgehead atoms. The molecule has 1 amide bonds. The van der Waals surface area contributed by atoms with E-state index >= 15 is 0 Å². The zero-order chi connectivity index (χ0) is 11.4. The first-order chi connectivity index (χ1) is 7.83. The Morgan fingerprint density at radius 2 is 1.94 bits per heavy atom. The zero-order valence-corrected chi connectivity index (χ0v) is 10.4. The molecule has 1 saturated carbocycles. The van der Waals surface area contributed by atoms with Crippen LogP contribution in [0.5, 0.6) is 0 Å². The first-order valence-electron chi connectivity index (χ1n) is 6.78. The van der Waals surface area contributed by atoms with Gasteiger partial charge in [0, 0.05) is 25.0 Å². The molecule has 0 aromatic heterocycles. The molecule has 0 aromatic rings. The van der Waals surface area contributed by atoms with Gasteiger partial charge in [0.2, 0.25) is 5.91 Å². The average molecular weight is 224 g/mol. The molecule has 2 rings (SSSR count). The summed E-state index contributed by atoms with van der Waals surface area (Å²) in [5.41, 5.74) is 0. The smallest absolute Gasteiger partial charge is 0.225 e. The van der Waals surface area contributed by atoms with Gasteiger partial charge in [0.15, 0.2) is 0 Å². The molecule has 1 saturated heterocycles. The summed E-state index contributed by atoms with van der Waals surface area (Å²) in [5.74, 6) is 0.781. The van der Waals surface area contributed by atoms with Gasteiger partial charge < -0.3 is 10.2 Å². The number of hydrogen-bond acceptors (Lipinski definition) is 2. The van der Waals surface area contributed by atoms with Crippen molar-refractivity contribution in [3.63, 3.8) is 0 Å². The number of nitrogens with one attached hydrogen (secondary N) is 1. The summed E-state index contributed by atoms with van der Waals surface area (Å²) >= 11 is 0. The third-order valence-electron chi connectivity index (χ3n) is 4.05. The summed E-state index contributed by atoms with van der Waals surface area (Å²) in [6.07, 6.45) is 8.44. The van der Waals surface area contributed by atoms with Crippen molar-refractivity contribution in [2.24, 2.45) is 5.92 Å². The van der Waals surface area contributed by atoms with Crippen LogP contribution in [-0.4, -0.2) is 37.0 Å². The highest BCUT2D eigenvalue weighted by Gasteiger charge is 2.32. The van der Waals surface area contributed by atoms with Gasteiger partial charge in [-0.25, -0.2) is 0 Å². The van der Waals surface area contributed by atoms with Crippen molar-refractivity contribution in [2.75, 3.05) is 20.1 Å². The molecule has 0 radical (unpaired) electrons. The third kappa shape index (κ3) is 2.57. The monoisotopic (exact) mass is 224 g/mol. The van der Waals surface area contributed by atoms with Gasteiger partial charge in [-0.2, -0.15) is 0 Å². The van der Waals surface area contributed by atoms with E-state index in [-0.39, 0.29) is 0 Å². The number of carbonyl (C=O) groups is 1. The summed E-state index contributed by atoms with van der Waals surface area (Å²) in [6, 6.07) is 0.458. The van der Waals surface area contributed by atoms with Gasteiger partial charge in [0.1, 0.15) is 0 Å². The Morgan fingerprint density at radius 3 is 2.62 bits per heavy atom. The molecule has 1 aliphatic carbocycles. The lowest BCUT2D eigenvalue weighted by molar-refractivity contribution is -0.137. The third-order valence-corrected chi connectivity index (χ3v) is 4.05. The fourth-order valence-electron chi connectivity index (χ4n) is 3.16. The van der Waals surface area contributed by atoms with Gasteiger partial charge in [0.25, 0.3) is 0 Å². The van der Waals surface area contributed by atoms with Crippen LogP contribution in [0.15, 0.2) is 0 Å². The predicted molar refractivity (Wildman–Crippen MR) is 65.2 cm³/mol. The van der Waals surface area contributed by atoms with Crippen LogP contribution >= 0.6 is 0 Å². The molecular weight excluding hydrogens is 200 g/mol. The Balaban J connectivity index is 1.91. The van der Waals surface area contributed by atoms with E-state index in [9.17, 15) is 4.79 Å². The molecule has 1 N–H and O–H groups in total. The molecule has 0 spiro atoms. The van der Waals surface area contributed by atoms with Gasteiger partial charge in [-0.05, 0) is 32.7 Å².